The molecule has 0 aliphatic carbocycles. The van der Waals surface area contributed by atoms with Crippen molar-refractivity contribution in [1.29, 1.82) is 0 Å². The second-order valence-electron chi connectivity index (χ2n) is 4.96. The van der Waals surface area contributed by atoms with Crippen molar-refractivity contribution in [2.75, 3.05) is 0 Å². The number of aryl methyl sites for hydroxylation is 1. The molecule has 23 heavy (non-hydrogen) atoms. The summed E-state index contributed by atoms with van der Waals surface area (Å²) in [4.78, 5) is 15.4. The van der Waals surface area contributed by atoms with Crippen molar-refractivity contribution in [3.05, 3.63) is 58.9 Å². The van der Waals surface area contributed by atoms with Gasteiger partial charge in [0.15, 0.2) is 0 Å². The van der Waals surface area contributed by atoms with Gasteiger partial charge in [0, 0.05) is 6.20 Å². The Bertz CT molecular complexity index is 1020. The zero-order valence-electron chi connectivity index (χ0n) is 11.9. The van der Waals surface area contributed by atoms with Gasteiger partial charge in [-0.05, 0) is 31.2 Å². The molecule has 0 aliphatic heterocycles. The molecule has 0 saturated heterocycles. The monoisotopic (exact) mass is 350 g/mol. The number of aromatic carboxylic acids is 1. The van der Waals surface area contributed by atoms with Crippen molar-refractivity contribution in [2.24, 2.45) is 0 Å². The highest BCUT2D eigenvalue weighted by Gasteiger charge is 2.24. The Kier molecular flexibility index (Phi) is 3.62. The first-order valence-electron chi connectivity index (χ1n) is 6.54. The average molecular weight is 351 g/mol. The molecule has 2 heterocycles. The average Bonchev–Trinajstić information content (AvgIpc) is 2.87. The molecule has 2 aromatic heterocycles. The topological polar surface area (TPSA) is 89.3 Å². The first-order valence-corrected chi connectivity index (χ1v) is 8.35. The van der Waals surface area contributed by atoms with Gasteiger partial charge in [0.05, 0.1) is 10.4 Å². The summed E-state index contributed by atoms with van der Waals surface area (Å²) in [5.74, 6) is -1.28. The number of carbonyl (C=O) groups is 1. The Hall–Kier alpha value is -2.38. The standard InChI is InChI=1S/C15H11ClN2O4S/c1-9-2-4-10(5-3-9)23(21,22)18-8-11(15(19)20)14-12(18)6-7-13(16)17-14/h2-8H,1H3,(H,19,20). The van der Waals surface area contributed by atoms with E-state index in [1.165, 1.54) is 24.3 Å². The van der Waals surface area contributed by atoms with Crippen LogP contribution >= 0.6 is 11.6 Å². The molecule has 0 saturated carbocycles. The lowest BCUT2D eigenvalue weighted by molar-refractivity contribution is 0.0699. The van der Waals surface area contributed by atoms with E-state index in [2.05, 4.69) is 4.98 Å². The molecule has 0 amide bonds. The van der Waals surface area contributed by atoms with Crippen molar-refractivity contribution in [3.8, 4) is 0 Å². The van der Waals surface area contributed by atoms with Gasteiger partial charge in [0.25, 0.3) is 10.0 Å². The van der Waals surface area contributed by atoms with E-state index in [0.29, 0.717) is 0 Å². The second kappa shape index (κ2) is 5.36. The minimum absolute atomic E-state index is 0.0284. The van der Waals surface area contributed by atoms with Gasteiger partial charge >= 0.3 is 5.97 Å². The predicted molar refractivity (Wildman–Crippen MR) is 85.5 cm³/mol. The minimum atomic E-state index is -3.94. The third-order valence-corrected chi connectivity index (χ3v) is 5.29. The smallest absolute Gasteiger partial charge is 0.339 e. The van der Waals surface area contributed by atoms with Gasteiger partial charge in [-0.15, -0.1) is 0 Å². The lowest BCUT2D eigenvalue weighted by Crippen LogP contribution is -2.12. The number of rotatable bonds is 3. The van der Waals surface area contributed by atoms with E-state index in [-0.39, 0.29) is 26.6 Å². The van der Waals surface area contributed by atoms with E-state index in [4.69, 9.17) is 11.6 Å². The van der Waals surface area contributed by atoms with Crippen molar-refractivity contribution in [3.63, 3.8) is 0 Å². The zero-order valence-corrected chi connectivity index (χ0v) is 13.5. The fraction of sp³-hybridized carbons (Fsp3) is 0.0667. The van der Waals surface area contributed by atoms with Gasteiger partial charge in [0.1, 0.15) is 16.2 Å². The third-order valence-electron chi connectivity index (χ3n) is 3.39. The number of benzene rings is 1. The van der Waals surface area contributed by atoms with Gasteiger partial charge in [-0.25, -0.2) is 22.2 Å². The largest absolute Gasteiger partial charge is 0.478 e. The van der Waals surface area contributed by atoms with Crippen LogP contribution in [0.5, 0.6) is 0 Å². The van der Waals surface area contributed by atoms with Crippen LogP contribution in [0.2, 0.25) is 5.15 Å². The summed E-state index contributed by atoms with van der Waals surface area (Å²) >= 11 is 5.79. The van der Waals surface area contributed by atoms with E-state index in [9.17, 15) is 18.3 Å². The van der Waals surface area contributed by atoms with Crippen LogP contribution in [0.15, 0.2) is 47.5 Å². The predicted octanol–water partition coefficient (Wildman–Crippen LogP) is 2.93. The summed E-state index contributed by atoms with van der Waals surface area (Å²) in [6.45, 7) is 1.84. The Labute approximate surface area is 137 Å². The van der Waals surface area contributed by atoms with Crippen LogP contribution in [0.25, 0.3) is 11.0 Å². The number of halogens is 1. The van der Waals surface area contributed by atoms with Crippen LogP contribution < -0.4 is 0 Å². The normalized spacial score (nSPS) is 11.7. The van der Waals surface area contributed by atoms with Gasteiger partial charge in [-0.2, -0.15) is 0 Å². The van der Waals surface area contributed by atoms with Crippen LogP contribution in [-0.4, -0.2) is 28.5 Å². The first kappa shape index (κ1) is 15.5. The summed E-state index contributed by atoms with van der Waals surface area (Å²) in [7, 11) is -3.94. The quantitative estimate of drug-likeness (QED) is 0.733. The molecular formula is C15H11ClN2O4S. The Morgan fingerprint density at radius 3 is 2.43 bits per heavy atom. The molecule has 0 aliphatic rings. The van der Waals surface area contributed by atoms with E-state index in [1.807, 2.05) is 6.92 Å². The fourth-order valence-corrected chi connectivity index (χ4v) is 3.74. The highest BCUT2D eigenvalue weighted by Crippen LogP contribution is 2.26. The molecule has 1 aromatic carbocycles. The fourth-order valence-electron chi connectivity index (χ4n) is 2.23. The molecular weight excluding hydrogens is 340 g/mol. The first-order chi connectivity index (χ1) is 10.8. The van der Waals surface area contributed by atoms with Crippen molar-refractivity contribution in [1.82, 2.24) is 8.96 Å². The van der Waals surface area contributed by atoms with Gasteiger partial charge in [-0.1, -0.05) is 29.3 Å². The number of carboxylic acids is 1. The maximum absolute atomic E-state index is 12.8. The van der Waals surface area contributed by atoms with Crippen molar-refractivity contribution < 1.29 is 18.3 Å². The molecule has 0 fully saturated rings. The lowest BCUT2D eigenvalue weighted by atomic mass is 10.2. The maximum atomic E-state index is 12.8. The highest BCUT2D eigenvalue weighted by molar-refractivity contribution is 7.90. The van der Waals surface area contributed by atoms with E-state index in [1.54, 1.807) is 12.1 Å². The summed E-state index contributed by atoms with van der Waals surface area (Å²) in [5, 5.41) is 9.36. The second-order valence-corrected chi connectivity index (χ2v) is 7.17. The molecule has 3 rings (SSSR count). The van der Waals surface area contributed by atoms with Crippen LogP contribution in [0.1, 0.15) is 15.9 Å². The molecule has 0 bridgehead atoms. The minimum Gasteiger partial charge on any atom is -0.478 e. The number of fused-ring (bicyclic) bond motifs is 1. The SMILES string of the molecule is Cc1ccc(S(=O)(=O)n2cc(C(=O)O)c3nc(Cl)ccc32)cc1. The van der Waals surface area contributed by atoms with Crippen LogP contribution in [0, 0.1) is 6.92 Å². The third kappa shape index (κ3) is 2.58. The Balaban J connectivity index is 2.31. The van der Waals surface area contributed by atoms with Gasteiger partial charge in [-0.3, -0.25) is 0 Å². The number of nitrogens with zero attached hydrogens (tertiary/aromatic N) is 2. The molecule has 8 heteroatoms. The molecule has 0 spiro atoms. The zero-order chi connectivity index (χ0) is 16.8. The van der Waals surface area contributed by atoms with Crippen LogP contribution in [0.3, 0.4) is 0 Å². The summed E-state index contributed by atoms with van der Waals surface area (Å²) in [6.07, 6.45) is 1.05. The Morgan fingerprint density at radius 1 is 1.17 bits per heavy atom. The summed E-state index contributed by atoms with van der Waals surface area (Å²) in [6, 6.07) is 9.14. The van der Waals surface area contributed by atoms with Gasteiger partial charge in [0.2, 0.25) is 0 Å². The molecule has 0 atom stereocenters. The number of hydrogen-bond acceptors (Lipinski definition) is 4. The van der Waals surface area contributed by atoms with Crippen LogP contribution in [-0.2, 0) is 10.0 Å². The van der Waals surface area contributed by atoms with Crippen molar-refractivity contribution in [2.45, 2.75) is 11.8 Å². The highest BCUT2D eigenvalue weighted by atomic mass is 35.5. The maximum Gasteiger partial charge on any atom is 0.339 e. The Morgan fingerprint density at radius 2 is 1.83 bits per heavy atom. The number of pyridine rings is 1. The van der Waals surface area contributed by atoms with E-state index < -0.39 is 16.0 Å². The van der Waals surface area contributed by atoms with E-state index in [0.717, 1.165) is 15.7 Å². The number of carboxylic acid groups (broad SMARTS) is 1. The molecule has 118 valence electrons. The molecule has 0 radical (unpaired) electrons. The molecule has 3 aromatic rings. The molecule has 6 nitrogen and oxygen atoms in total. The lowest BCUT2D eigenvalue weighted by Gasteiger charge is -2.07. The number of aromatic nitrogens is 2. The van der Waals surface area contributed by atoms with Crippen molar-refractivity contribution >= 4 is 38.6 Å². The molecule has 0 unspecified atom stereocenters. The summed E-state index contributed by atoms with van der Waals surface area (Å²) < 4.78 is 26.5. The summed E-state index contributed by atoms with van der Waals surface area (Å²) in [5.41, 5.74) is 0.882. The van der Waals surface area contributed by atoms with Gasteiger partial charge < -0.3 is 5.11 Å². The van der Waals surface area contributed by atoms with Crippen LogP contribution in [0.4, 0.5) is 0 Å². The van der Waals surface area contributed by atoms with E-state index >= 15 is 0 Å². The molecule has 1 N–H and O–H groups in total. The number of hydrogen-bond donors (Lipinski definition) is 1.